The van der Waals surface area contributed by atoms with E-state index in [1.54, 1.807) is 7.11 Å². The van der Waals surface area contributed by atoms with E-state index in [1.807, 2.05) is 60.7 Å². The molecule has 0 aromatic heterocycles. The molecule has 2 heterocycles. The van der Waals surface area contributed by atoms with Gasteiger partial charge in [0.05, 0.1) is 12.7 Å². The molecule has 1 saturated heterocycles. The molecule has 1 fully saturated rings. The van der Waals surface area contributed by atoms with Gasteiger partial charge in [0.15, 0.2) is 0 Å². The van der Waals surface area contributed by atoms with Crippen LogP contribution in [0.25, 0.3) is 21.9 Å². The molecule has 0 amide bonds. The number of esters is 1. The number of hydrogen-bond acceptors (Lipinski definition) is 6. The second-order valence-corrected chi connectivity index (χ2v) is 9.80. The summed E-state index contributed by atoms with van der Waals surface area (Å²) in [6, 6.07) is 23.7. The highest BCUT2D eigenvalue weighted by molar-refractivity contribution is 5.98. The highest BCUT2D eigenvalue weighted by atomic mass is 16.5. The molecule has 0 spiro atoms. The fourth-order valence-corrected chi connectivity index (χ4v) is 5.24. The average molecular weight is 510 g/mol. The van der Waals surface area contributed by atoms with E-state index in [-0.39, 0.29) is 5.97 Å². The van der Waals surface area contributed by atoms with Crippen LogP contribution in [0.4, 0.5) is 0 Å². The highest BCUT2D eigenvalue weighted by Crippen LogP contribution is 2.41. The van der Waals surface area contributed by atoms with Crippen molar-refractivity contribution in [1.82, 2.24) is 4.90 Å². The van der Waals surface area contributed by atoms with Crippen molar-refractivity contribution in [1.29, 1.82) is 0 Å². The zero-order chi connectivity index (χ0) is 25.9. The molecule has 0 N–H and O–H groups in total. The van der Waals surface area contributed by atoms with Gasteiger partial charge in [-0.2, -0.15) is 0 Å². The van der Waals surface area contributed by atoms with Crippen LogP contribution in [-0.4, -0.2) is 44.2 Å². The predicted molar refractivity (Wildman–Crippen MR) is 147 cm³/mol. The quantitative estimate of drug-likeness (QED) is 0.242. The van der Waals surface area contributed by atoms with Gasteiger partial charge in [-0.15, -0.1) is 0 Å². The van der Waals surface area contributed by atoms with Gasteiger partial charge in [0.1, 0.15) is 36.2 Å². The first-order chi connectivity index (χ1) is 18.7. The molecular formula is C32H31NO5. The maximum absolute atomic E-state index is 12.0. The summed E-state index contributed by atoms with van der Waals surface area (Å²) < 4.78 is 23.2. The van der Waals surface area contributed by atoms with Crippen LogP contribution in [0.3, 0.4) is 0 Å². The smallest absolute Gasteiger partial charge is 0.338 e. The number of piperidine rings is 1. The van der Waals surface area contributed by atoms with Gasteiger partial charge in [0, 0.05) is 23.1 Å². The monoisotopic (exact) mass is 509 g/mol. The number of methoxy groups -OCH3 is 1. The number of carbonyl (C=O) groups excluding carboxylic acids is 1. The molecule has 2 aliphatic rings. The first kappa shape index (κ1) is 24.3. The second kappa shape index (κ2) is 10.8. The Morgan fingerprint density at radius 1 is 0.816 bits per heavy atom. The molecule has 38 heavy (non-hydrogen) atoms. The van der Waals surface area contributed by atoms with E-state index in [0.717, 1.165) is 57.0 Å². The van der Waals surface area contributed by atoms with Gasteiger partial charge in [-0.25, -0.2) is 4.79 Å². The molecule has 194 valence electrons. The first-order valence-electron chi connectivity index (χ1n) is 13.2. The largest absolute Gasteiger partial charge is 0.497 e. The van der Waals surface area contributed by atoms with Crippen LogP contribution < -0.4 is 14.2 Å². The Morgan fingerprint density at radius 2 is 1.58 bits per heavy atom. The van der Waals surface area contributed by atoms with Crippen LogP contribution in [0.15, 0.2) is 72.8 Å². The van der Waals surface area contributed by atoms with Crippen molar-refractivity contribution >= 4 is 16.7 Å². The number of ether oxygens (including phenoxy) is 4. The Kier molecular flexibility index (Phi) is 6.88. The van der Waals surface area contributed by atoms with Crippen molar-refractivity contribution in [3.05, 3.63) is 83.9 Å². The molecule has 0 unspecified atom stereocenters. The number of likely N-dealkylation sites (tertiary alicyclic amines) is 1. The van der Waals surface area contributed by atoms with E-state index in [9.17, 15) is 4.79 Å². The SMILES string of the molecule is COc1ccc2c(Oc3ccc(OCCN4CCCCC4)cc3)c(-c3ccc4c(c3)COC4=O)ccc2c1. The lowest BCUT2D eigenvalue weighted by Gasteiger charge is -2.26. The van der Waals surface area contributed by atoms with Gasteiger partial charge < -0.3 is 18.9 Å². The molecule has 2 aliphatic heterocycles. The topological polar surface area (TPSA) is 57.2 Å². The van der Waals surface area contributed by atoms with Gasteiger partial charge in [0.25, 0.3) is 0 Å². The Bertz CT molecular complexity index is 1460. The van der Waals surface area contributed by atoms with Crippen LogP contribution in [0.5, 0.6) is 23.0 Å². The Labute approximate surface area is 222 Å². The molecule has 0 bridgehead atoms. The van der Waals surface area contributed by atoms with E-state index in [2.05, 4.69) is 17.0 Å². The van der Waals surface area contributed by atoms with Gasteiger partial charge in [-0.1, -0.05) is 18.6 Å². The third-order valence-corrected chi connectivity index (χ3v) is 7.34. The minimum Gasteiger partial charge on any atom is -0.497 e. The minimum absolute atomic E-state index is 0.271. The van der Waals surface area contributed by atoms with E-state index < -0.39 is 0 Å². The number of cyclic esters (lactones) is 1. The Hall–Kier alpha value is -4.03. The van der Waals surface area contributed by atoms with Crippen LogP contribution in [-0.2, 0) is 11.3 Å². The van der Waals surface area contributed by atoms with Crippen molar-refractivity contribution in [3.63, 3.8) is 0 Å². The Morgan fingerprint density at radius 3 is 2.39 bits per heavy atom. The molecule has 0 saturated carbocycles. The number of fused-ring (bicyclic) bond motifs is 2. The maximum Gasteiger partial charge on any atom is 0.338 e. The normalized spacial score (nSPS) is 15.2. The highest BCUT2D eigenvalue weighted by Gasteiger charge is 2.22. The number of carbonyl (C=O) groups is 1. The third kappa shape index (κ3) is 5.04. The lowest BCUT2D eigenvalue weighted by atomic mass is 9.96. The average Bonchev–Trinajstić information content (AvgIpc) is 3.34. The first-order valence-corrected chi connectivity index (χ1v) is 13.2. The summed E-state index contributed by atoms with van der Waals surface area (Å²) in [4.78, 5) is 14.4. The number of benzene rings is 4. The van der Waals surface area contributed by atoms with Gasteiger partial charge >= 0.3 is 5.97 Å². The van der Waals surface area contributed by atoms with Crippen molar-refractivity contribution < 1.29 is 23.7 Å². The molecule has 6 heteroatoms. The van der Waals surface area contributed by atoms with Gasteiger partial charge in [-0.05, 0) is 97.5 Å². The number of nitrogens with zero attached hydrogens (tertiary/aromatic N) is 1. The van der Waals surface area contributed by atoms with Gasteiger partial charge in [0.2, 0.25) is 0 Å². The standard InChI is InChI=1S/C32H31NO5/c1-35-27-11-14-29-23(20-27)5-12-28(22-6-13-30-24(19-22)21-37-32(30)34)31(29)38-26-9-7-25(8-10-26)36-18-17-33-15-3-2-4-16-33/h5-14,19-20H,2-4,15-18,21H2,1H3. The zero-order valence-electron chi connectivity index (χ0n) is 21.6. The van der Waals surface area contributed by atoms with E-state index >= 15 is 0 Å². The molecule has 6 rings (SSSR count). The third-order valence-electron chi connectivity index (χ3n) is 7.34. The summed E-state index contributed by atoms with van der Waals surface area (Å²) in [6.45, 7) is 4.27. The zero-order valence-corrected chi connectivity index (χ0v) is 21.6. The summed E-state index contributed by atoms with van der Waals surface area (Å²) in [5.74, 6) is 2.81. The summed E-state index contributed by atoms with van der Waals surface area (Å²) >= 11 is 0. The molecule has 0 radical (unpaired) electrons. The van der Waals surface area contributed by atoms with Crippen LogP contribution in [0, 0.1) is 0 Å². The molecule has 0 aliphatic carbocycles. The summed E-state index contributed by atoms with van der Waals surface area (Å²) in [7, 11) is 1.66. The lowest BCUT2D eigenvalue weighted by Crippen LogP contribution is -2.33. The van der Waals surface area contributed by atoms with Crippen LogP contribution in [0.2, 0.25) is 0 Å². The van der Waals surface area contributed by atoms with E-state index in [0.29, 0.717) is 18.8 Å². The number of rotatable bonds is 8. The summed E-state index contributed by atoms with van der Waals surface area (Å²) in [5, 5.41) is 1.98. The fourth-order valence-electron chi connectivity index (χ4n) is 5.24. The maximum atomic E-state index is 12.0. The summed E-state index contributed by atoms with van der Waals surface area (Å²) in [5.41, 5.74) is 3.41. The van der Waals surface area contributed by atoms with Crippen molar-refractivity contribution in [3.8, 4) is 34.1 Å². The molecule has 0 atom stereocenters. The number of hydrogen-bond donors (Lipinski definition) is 0. The fraction of sp³-hybridized carbons (Fsp3) is 0.281. The molecule has 6 nitrogen and oxygen atoms in total. The van der Waals surface area contributed by atoms with Crippen LogP contribution >= 0.6 is 0 Å². The van der Waals surface area contributed by atoms with Crippen molar-refractivity contribution in [2.24, 2.45) is 0 Å². The lowest BCUT2D eigenvalue weighted by molar-refractivity contribution is 0.0535. The second-order valence-electron chi connectivity index (χ2n) is 9.80. The molecular weight excluding hydrogens is 478 g/mol. The summed E-state index contributed by atoms with van der Waals surface area (Å²) in [6.07, 6.45) is 3.91. The van der Waals surface area contributed by atoms with Crippen molar-refractivity contribution in [2.75, 3.05) is 33.4 Å². The van der Waals surface area contributed by atoms with Crippen LogP contribution in [0.1, 0.15) is 35.2 Å². The van der Waals surface area contributed by atoms with E-state index in [1.165, 1.54) is 32.4 Å². The predicted octanol–water partition coefficient (Wildman–Crippen LogP) is 6.84. The Balaban J connectivity index is 1.27. The van der Waals surface area contributed by atoms with Gasteiger partial charge in [-0.3, -0.25) is 4.90 Å². The minimum atomic E-state index is -0.271. The van der Waals surface area contributed by atoms with E-state index in [4.69, 9.17) is 18.9 Å². The molecule has 4 aromatic rings. The van der Waals surface area contributed by atoms with Crippen molar-refractivity contribution in [2.45, 2.75) is 25.9 Å². The molecule has 4 aromatic carbocycles.